The lowest BCUT2D eigenvalue weighted by Gasteiger charge is -2.42. The lowest BCUT2D eigenvalue weighted by atomic mass is 9.82. The topological polar surface area (TPSA) is 86.7 Å². The number of sulfonamides is 1. The average molecular weight is 383 g/mol. The molecule has 1 aliphatic rings. The molecule has 0 bridgehead atoms. The molecule has 2 N–H and O–H groups in total. The maximum absolute atomic E-state index is 12.6. The molecule has 0 atom stereocenters. The number of likely N-dealkylation sites (N-methyl/N-ethyl adjacent to an activating group) is 1. The van der Waals surface area contributed by atoms with Crippen molar-refractivity contribution >= 4 is 16.0 Å². The van der Waals surface area contributed by atoms with Gasteiger partial charge in [0.2, 0.25) is 10.0 Å². The molecule has 1 aromatic rings. The van der Waals surface area contributed by atoms with E-state index in [1.54, 1.807) is 12.1 Å². The quantitative estimate of drug-likeness (QED) is 0.685. The Hall–Kier alpha value is -1.44. The second-order valence-corrected chi connectivity index (χ2v) is 9.38. The van der Waals surface area contributed by atoms with Crippen molar-refractivity contribution in [3.05, 3.63) is 29.8 Å². The van der Waals surface area contributed by atoms with Crippen LogP contribution in [-0.2, 0) is 20.2 Å². The molecule has 0 radical (unpaired) electrons. The number of hydrogen-bond acceptors (Lipinski definition) is 4. The number of hydrogen-bond donors (Lipinski definition) is 2. The second-order valence-electron chi connectivity index (χ2n) is 7.66. The number of nitrogens with one attached hydrogen (secondary N) is 1. The van der Waals surface area contributed by atoms with Gasteiger partial charge in [0.1, 0.15) is 0 Å². The first-order valence-corrected chi connectivity index (χ1v) is 10.7. The molecule has 7 heteroatoms. The molecular weight excluding hydrogens is 352 g/mol. The Kier molecular flexibility index (Phi) is 6.47. The first kappa shape index (κ1) is 20.9. The molecule has 0 unspecified atom stereocenters. The minimum Gasteiger partial charge on any atom is -0.480 e. The molecule has 0 heterocycles. The zero-order chi connectivity index (χ0) is 19.5. The number of rotatable bonds is 9. The monoisotopic (exact) mass is 382 g/mol. The van der Waals surface area contributed by atoms with Crippen molar-refractivity contribution in [2.45, 2.75) is 69.4 Å². The molecule has 1 aliphatic carbocycles. The number of benzene rings is 1. The molecule has 6 nitrogen and oxygen atoms in total. The predicted octanol–water partition coefficient (Wildman–Crippen LogP) is 2.59. The Balaban J connectivity index is 1.97. The zero-order valence-corrected chi connectivity index (χ0v) is 16.8. The van der Waals surface area contributed by atoms with E-state index >= 15 is 0 Å². The Labute approximate surface area is 156 Å². The van der Waals surface area contributed by atoms with Crippen LogP contribution in [0.2, 0.25) is 0 Å². The van der Waals surface area contributed by atoms with Crippen molar-refractivity contribution < 1.29 is 18.3 Å². The van der Waals surface area contributed by atoms with Crippen molar-refractivity contribution in [2.24, 2.45) is 0 Å². The third kappa shape index (κ3) is 4.84. The maximum Gasteiger partial charge on any atom is 0.317 e. The summed E-state index contributed by atoms with van der Waals surface area (Å²) in [7, 11) is -3.55. The fraction of sp³-hybridized carbons (Fsp3) is 0.632. The summed E-state index contributed by atoms with van der Waals surface area (Å²) in [5.74, 6) is -0.856. The average Bonchev–Trinajstić information content (AvgIpc) is 2.56. The third-order valence-electron chi connectivity index (χ3n) is 5.53. The SMILES string of the molecule is CCN(CC(=O)O)C1CC(NS(=O)(=O)c2ccc(C(C)(C)CC)cc2)C1. The van der Waals surface area contributed by atoms with Crippen LogP contribution in [0.15, 0.2) is 29.2 Å². The van der Waals surface area contributed by atoms with Gasteiger partial charge >= 0.3 is 5.97 Å². The molecule has 0 saturated heterocycles. The van der Waals surface area contributed by atoms with Gasteiger partial charge in [-0.2, -0.15) is 0 Å². The van der Waals surface area contributed by atoms with E-state index in [1.807, 2.05) is 24.0 Å². The Bertz CT molecular complexity index is 722. The summed E-state index contributed by atoms with van der Waals surface area (Å²) in [6.45, 7) is 8.95. The van der Waals surface area contributed by atoms with Crippen LogP contribution in [0, 0.1) is 0 Å². The predicted molar refractivity (Wildman–Crippen MR) is 102 cm³/mol. The van der Waals surface area contributed by atoms with Crippen LogP contribution in [0.3, 0.4) is 0 Å². The van der Waals surface area contributed by atoms with Crippen LogP contribution in [0.5, 0.6) is 0 Å². The summed E-state index contributed by atoms with van der Waals surface area (Å²) in [5, 5.41) is 8.93. The normalized spacial score (nSPS) is 20.8. The number of aliphatic carboxylic acids is 1. The van der Waals surface area contributed by atoms with E-state index in [0.717, 1.165) is 12.0 Å². The number of carboxylic acid groups (broad SMARTS) is 1. The Morgan fingerprint density at radius 3 is 2.27 bits per heavy atom. The van der Waals surface area contributed by atoms with E-state index in [0.29, 0.717) is 19.4 Å². The largest absolute Gasteiger partial charge is 0.480 e. The maximum atomic E-state index is 12.6. The number of carbonyl (C=O) groups is 1. The summed E-state index contributed by atoms with van der Waals surface area (Å²) in [6, 6.07) is 7.07. The molecule has 1 aromatic carbocycles. The molecule has 146 valence electrons. The second kappa shape index (κ2) is 8.06. The lowest BCUT2D eigenvalue weighted by Crippen LogP contribution is -2.54. The van der Waals surface area contributed by atoms with Gasteiger partial charge in [0.25, 0.3) is 0 Å². The first-order chi connectivity index (χ1) is 12.1. The van der Waals surface area contributed by atoms with Gasteiger partial charge in [0, 0.05) is 12.1 Å². The van der Waals surface area contributed by atoms with Crippen molar-refractivity contribution in [2.75, 3.05) is 13.1 Å². The molecule has 0 spiro atoms. The third-order valence-corrected chi connectivity index (χ3v) is 7.06. The van der Waals surface area contributed by atoms with E-state index in [9.17, 15) is 13.2 Å². The van der Waals surface area contributed by atoms with Gasteiger partial charge in [-0.15, -0.1) is 0 Å². The van der Waals surface area contributed by atoms with E-state index in [1.165, 1.54) is 0 Å². The summed E-state index contributed by atoms with van der Waals surface area (Å²) in [5.41, 5.74) is 1.14. The van der Waals surface area contributed by atoms with Crippen molar-refractivity contribution in [1.82, 2.24) is 9.62 Å². The first-order valence-electron chi connectivity index (χ1n) is 9.17. The highest BCUT2D eigenvalue weighted by molar-refractivity contribution is 7.89. The Morgan fingerprint density at radius 2 is 1.81 bits per heavy atom. The van der Waals surface area contributed by atoms with Gasteiger partial charge in [0.15, 0.2) is 0 Å². The van der Waals surface area contributed by atoms with Crippen molar-refractivity contribution in [1.29, 1.82) is 0 Å². The molecular formula is C19H30N2O4S. The van der Waals surface area contributed by atoms with Crippen molar-refractivity contribution in [3.63, 3.8) is 0 Å². The van der Waals surface area contributed by atoms with Gasteiger partial charge in [-0.25, -0.2) is 13.1 Å². The van der Waals surface area contributed by atoms with Crippen LogP contribution in [0.4, 0.5) is 0 Å². The van der Waals surface area contributed by atoms with Crippen LogP contribution < -0.4 is 4.72 Å². The minimum absolute atomic E-state index is 0.00465. The van der Waals surface area contributed by atoms with Crippen LogP contribution >= 0.6 is 0 Å². The van der Waals surface area contributed by atoms with Crippen LogP contribution in [-0.4, -0.2) is 49.6 Å². The molecule has 2 rings (SSSR count). The van der Waals surface area contributed by atoms with Crippen molar-refractivity contribution in [3.8, 4) is 0 Å². The van der Waals surface area contributed by atoms with E-state index in [-0.39, 0.29) is 28.9 Å². The number of nitrogens with zero attached hydrogens (tertiary/aromatic N) is 1. The fourth-order valence-corrected chi connectivity index (χ4v) is 4.49. The van der Waals surface area contributed by atoms with Gasteiger partial charge in [-0.1, -0.05) is 39.8 Å². The number of carboxylic acids is 1. The molecule has 0 aliphatic heterocycles. The lowest BCUT2D eigenvalue weighted by molar-refractivity contribution is -0.139. The van der Waals surface area contributed by atoms with Gasteiger partial charge < -0.3 is 5.11 Å². The zero-order valence-electron chi connectivity index (χ0n) is 16.0. The molecule has 0 amide bonds. The fourth-order valence-electron chi connectivity index (χ4n) is 3.23. The van der Waals surface area contributed by atoms with Crippen LogP contribution in [0.1, 0.15) is 52.5 Å². The minimum atomic E-state index is -3.55. The highest BCUT2D eigenvalue weighted by Crippen LogP contribution is 2.29. The summed E-state index contributed by atoms with van der Waals surface area (Å²) < 4.78 is 27.9. The Morgan fingerprint density at radius 1 is 1.23 bits per heavy atom. The van der Waals surface area contributed by atoms with E-state index in [2.05, 4.69) is 25.5 Å². The van der Waals surface area contributed by atoms with Gasteiger partial charge in [0.05, 0.1) is 11.4 Å². The van der Waals surface area contributed by atoms with Gasteiger partial charge in [-0.05, 0) is 48.9 Å². The summed E-state index contributed by atoms with van der Waals surface area (Å²) in [4.78, 5) is 13.0. The van der Waals surface area contributed by atoms with E-state index in [4.69, 9.17) is 5.11 Å². The highest BCUT2D eigenvalue weighted by atomic mass is 32.2. The molecule has 26 heavy (non-hydrogen) atoms. The standard InChI is InChI=1S/C19H30N2O4S/c1-5-19(3,4)14-7-9-17(10-8-14)26(24,25)20-15-11-16(12-15)21(6-2)13-18(22)23/h7-10,15-16,20H,5-6,11-13H2,1-4H3,(H,22,23). The highest BCUT2D eigenvalue weighted by Gasteiger charge is 2.36. The molecule has 1 fully saturated rings. The smallest absolute Gasteiger partial charge is 0.317 e. The summed E-state index contributed by atoms with van der Waals surface area (Å²) >= 11 is 0. The molecule has 0 aromatic heterocycles. The van der Waals surface area contributed by atoms with Gasteiger partial charge in [-0.3, -0.25) is 9.69 Å². The van der Waals surface area contributed by atoms with Crippen LogP contribution in [0.25, 0.3) is 0 Å². The molecule has 1 saturated carbocycles. The summed E-state index contributed by atoms with van der Waals surface area (Å²) in [6.07, 6.45) is 2.26. The van der Waals surface area contributed by atoms with E-state index < -0.39 is 16.0 Å².